The molecule has 3 nitrogen and oxygen atoms in total. The SMILES string of the molecule is BCc1ccc(-n2ccnn2)cc1B. The van der Waals surface area contributed by atoms with Crippen LogP contribution < -0.4 is 5.46 Å². The average molecular weight is 183 g/mol. The number of benzene rings is 1. The van der Waals surface area contributed by atoms with E-state index >= 15 is 0 Å². The Bertz CT molecular complexity index is 426. The minimum Gasteiger partial charge on any atom is -0.221 e. The first-order chi connectivity index (χ1) is 6.81. The van der Waals surface area contributed by atoms with E-state index in [4.69, 9.17) is 0 Å². The zero-order valence-electron chi connectivity index (χ0n) is 8.44. The van der Waals surface area contributed by atoms with Crippen molar-refractivity contribution in [3.05, 3.63) is 36.2 Å². The van der Waals surface area contributed by atoms with Gasteiger partial charge in [-0.3, -0.25) is 0 Å². The fourth-order valence-electron chi connectivity index (χ4n) is 1.57. The predicted octanol–water partition coefficient (Wildman–Crippen LogP) is -1.34. The highest BCUT2D eigenvalue weighted by atomic mass is 15.4. The molecule has 0 unspecified atom stereocenters. The van der Waals surface area contributed by atoms with Gasteiger partial charge in [-0.05, 0) is 12.1 Å². The van der Waals surface area contributed by atoms with Gasteiger partial charge in [0.05, 0.1) is 18.1 Å². The van der Waals surface area contributed by atoms with Crippen molar-refractivity contribution in [1.82, 2.24) is 15.0 Å². The fraction of sp³-hybridized carbons (Fsp3) is 0.111. The molecule has 0 atom stereocenters. The second-order valence-electron chi connectivity index (χ2n) is 3.31. The molecule has 0 fully saturated rings. The first-order valence-electron chi connectivity index (χ1n) is 4.77. The summed E-state index contributed by atoms with van der Waals surface area (Å²) in [5.74, 6) is 0. The van der Waals surface area contributed by atoms with Gasteiger partial charge in [-0.25, -0.2) is 4.68 Å². The lowest BCUT2D eigenvalue weighted by molar-refractivity contribution is 0.803. The minimum absolute atomic E-state index is 1.07. The maximum absolute atomic E-state index is 3.95. The summed E-state index contributed by atoms with van der Waals surface area (Å²) in [4.78, 5) is 0. The molecular formula is C9H11B2N3. The summed E-state index contributed by atoms with van der Waals surface area (Å²) in [5, 5.41) is 7.73. The molecule has 0 aliphatic carbocycles. The Labute approximate surface area is 85.0 Å². The molecule has 68 valence electrons. The van der Waals surface area contributed by atoms with E-state index in [0.717, 1.165) is 12.0 Å². The lowest BCUT2D eigenvalue weighted by Gasteiger charge is -2.06. The molecule has 0 radical (unpaired) electrons. The lowest BCUT2D eigenvalue weighted by atomic mass is 9.84. The average Bonchev–Trinajstić information content (AvgIpc) is 2.70. The maximum atomic E-state index is 3.95. The van der Waals surface area contributed by atoms with Crippen LogP contribution in [0.3, 0.4) is 0 Å². The molecule has 1 aromatic heterocycles. The number of hydrogen-bond donors (Lipinski definition) is 0. The standard InChI is InChI=1S/C9H11B2N3/c10-6-7-1-2-8(5-9(7)11)14-4-3-12-13-14/h1-5H,6,10-11H2. The van der Waals surface area contributed by atoms with Crippen LogP contribution in [0, 0.1) is 0 Å². The number of aromatic nitrogens is 3. The number of hydrogen-bond acceptors (Lipinski definition) is 2. The summed E-state index contributed by atoms with van der Waals surface area (Å²) < 4.78 is 1.77. The Morgan fingerprint density at radius 1 is 1.36 bits per heavy atom. The summed E-state index contributed by atoms with van der Waals surface area (Å²) in [7, 11) is 4.29. The van der Waals surface area contributed by atoms with E-state index in [1.807, 2.05) is 6.20 Å². The molecular weight excluding hydrogens is 172 g/mol. The molecule has 0 spiro atoms. The Morgan fingerprint density at radius 3 is 2.79 bits per heavy atom. The van der Waals surface area contributed by atoms with Crippen molar-refractivity contribution in [2.24, 2.45) is 0 Å². The minimum atomic E-state index is 1.07. The summed E-state index contributed by atoms with van der Waals surface area (Å²) >= 11 is 0. The van der Waals surface area contributed by atoms with E-state index in [-0.39, 0.29) is 0 Å². The summed E-state index contributed by atoms with van der Waals surface area (Å²) in [6.07, 6.45) is 4.60. The van der Waals surface area contributed by atoms with Gasteiger partial charge >= 0.3 is 0 Å². The van der Waals surface area contributed by atoms with Crippen LogP contribution in [0.4, 0.5) is 0 Å². The van der Waals surface area contributed by atoms with Gasteiger partial charge in [-0.15, -0.1) is 5.10 Å². The third-order valence-electron chi connectivity index (χ3n) is 2.39. The van der Waals surface area contributed by atoms with Crippen molar-refractivity contribution in [3.63, 3.8) is 0 Å². The van der Waals surface area contributed by atoms with Gasteiger partial charge in [0.15, 0.2) is 0 Å². The molecule has 1 heterocycles. The van der Waals surface area contributed by atoms with Crippen LogP contribution >= 0.6 is 0 Å². The fourth-order valence-corrected chi connectivity index (χ4v) is 1.57. The van der Waals surface area contributed by atoms with E-state index in [9.17, 15) is 0 Å². The third-order valence-corrected chi connectivity index (χ3v) is 2.39. The molecule has 0 saturated carbocycles. The summed E-state index contributed by atoms with van der Waals surface area (Å²) in [6, 6.07) is 6.35. The van der Waals surface area contributed by atoms with E-state index in [0.29, 0.717) is 0 Å². The number of nitrogens with zero attached hydrogens (tertiary/aromatic N) is 3. The molecule has 14 heavy (non-hydrogen) atoms. The summed E-state index contributed by atoms with van der Waals surface area (Å²) in [5.41, 5.74) is 3.76. The van der Waals surface area contributed by atoms with Gasteiger partial charge in [0.1, 0.15) is 15.7 Å². The number of rotatable bonds is 2. The van der Waals surface area contributed by atoms with Crippen molar-refractivity contribution >= 4 is 21.2 Å². The second-order valence-corrected chi connectivity index (χ2v) is 3.31. The molecule has 0 aliphatic rings. The van der Waals surface area contributed by atoms with Crippen molar-refractivity contribution in [3.8, 4) is 5.69 Å². The highest BCUT2D eigenvalue weighted by molar-refractivity contribution is 6.34. The van der Waals surface area contributed by atoms with Crippen molar-refractivity contribution in [2.75, 3.05) is 0 Å². The monoisotopic (exact) mass is 183 g/mol. The second kappa shape index (κ2) is 3.70. The van der Waals surface area contributed by atoms with Crippen LogP contribution in [0.5, 0.6) is 0 Å². The van der Waals surface area contributed by atoms with Crippen molar-refractivity contribution in [2.45, 2.75) is 6.32 Å². The molecule has 0 N–H and O–H groups in total. The molecule has 5 heteroatoms. The zero-order valence-corrected chi connectivity index (χ0v) is 8.44. The Morgan fingerprint density at radius 2 is 2.21 bits per heavy atom. The van der Waals surface area contributed by atoms with Crippen LogP contribution in [-0.2, 0) is 6.32 Å². The molecule has 2 aromatic rings. The zero-order chi connectivity index (χ0) is 9.97. The quantitative estimate of drug-likeness (QED) is 0.539. The maximum Gasteiger partial charge on any atom is 0.139 e. The Hall–Kier alpha value is -1.51. The first kappa shape index (κ1) is 9.06. The molecule has 0 saturated heterocycles. The predicted molar refractivity (Wildman–Crippen MR) is 61.8 cm³/mol. The van der Waals surface area contributed by atoms with Gasteiger partial charge in [-0.2, -0.15) is 0 Å². The van der Waals surface area contributed by atoms with Gasteiger partial charge in [-0.1, -0.05) is 28.6 Å². The van der Waals surface area contributed by atoms with E-state index in [1.54, 1.807) is 10.9 Å². The van der Waals surface area contributed by atoms with E-state index in [2.05, 4.69) is 44.2 Å². The summed E-state index contributed by atoms with van der Waals surface area (Å²) in [6.45, 7) is 0. The third kappa shape index (κ3) is 1.58. The lowest BCUT2D eigenvalue weighted by Crippen LogP contribution is -2.12. The van der Waals surface area contributed by atoms with Crippen molar-refractivity contribution in [1.29, 1.82) is 0 Å². The molecule has 0 amide bonds. The van der Waals surface area contributed by atoms with Gasteiger partial charge in [0, 0.05) is 0 Å². The highest BCUT2D eigenvalue weighted by Gasteiger charge is 2.00. The van der Waals surface area contributed by atoms with E-state index in [1.165, 1.54) is 11.0 Å². The topological polar surface area (TPSA) is 30.7 Å². The first-order valence-corrected chi connectivity index (χ1v) is 4.77. The van der Waals surface area contributed by atoms with Gasteiger partial charge in [0.25, 0.3) is 0 Å². The van der Waals surface area contributed by atoms with Gasteiger partial charge < -0.3 is 0 Å². The van der Waals surface area contributed by atoms with Crippen LogP contribution in [0.2, 0.25) is 0 Å². The Balaban J connectivity index is 2.43. The molecule has 0 aliphatic heterocycles. The van der Waals surface area contributed by atoms with Crippen LogP contribution in [0.1, 0.15) is 5.56 Å². The Kier molecular flexibility index (Phi) is 2.39. The van der Waals surface area contributed by atoms with Crippen LogP contribution in [-0.4, -0.2) is 30.7 Å². The largest absolute Gasteiger partial charge is 0.221 e. The molecule has 2 rings (SSSR count). The van der Waals surface area contributed by atoms with Crippen LogP contribution in [0.15, 0.2) is 30.6 Å². The highest BCUT2D eigenvalue weighted by Crippen LogP contribution is 2.05. The van der Waals surface area contributed by atoms with Gasteiger partial charge in [0.2, 0.25) is 0 Å². The van der Waals surface area contributed by atoms with Crippen LogP contribution in [0.25, 0.3) is 5.69 Å². The van der Waals surface area contributed by atoms with Crippen molar-refractivity contribution < 1.29 is 0 Å². The molecule has 1 aromatic carbocycles. The van der Waals surface area contributed by atoms with E-state index < -0.39 is 0 Å². The molecule has 0 bridgehead atoms. The normalized spacial score (nSPS) is 10.3. The smallest absolute Gasteiger partial charge is 0.139 e.